The predicted molar refractivity (Wildman–Crippen MR) is 74.9 cm³/mol. The van der Waals surface area contributed by atoms with Crippen molar-refractivity contribution in [1.29, 1.82) is 0 Å². The lowest BCUT2D eigenvalue weighted by molar-refractivity contribution is 0.293. The molecule has 0 aromatic carbocycles. The maximum absolute atomic E-state index is 6.18. The van der Waals surface area contributed by atoms with Crippen LogP contribution >= 0.6 is 0 Å². The molecular weight excluding hydrogens is 238 g/mol. The van der Waals surface area contributed by atoms with E-state index in [4.69, 9.17) is 5.73 Å². The Balaban J connectivity index is 1.87. The van der Waals surface area contributed by atoms with E-state index in [-0.39, 0.29) is 0 Å². The second kappa shape index (κ2) is 3.93. The average molecular weight is 257 g/mol. The highest BCUT2D eigenvalue weighted by molar-refractivity contribution is 5.77. The minimum Gasteiger partial charge on any atom is -0.369 e. The highest BCUT2D eigenvalue weighted by atomic mass is 15.3. The molecule has 4 rings (SSSR count). The van der Waals surface area contributed by atoms with Gasteiger partial charge >= 0.3 is 0 Å². The van der Waals surface area contributed by atoms with Crippen LogP contribution in [0.1, 0.15) is 30.9 Å². The second-order valence-corrected chi connectivity index (χ2v) is 5.74. The van der Waals surface area contributed by atoms with E-state index in [0.717, 1.165) is 23.1 Å². The fraction of sp³-hybridized carbons (Fsp3) is 0.571. The van der Waals surface area contributed by atoms with Gasteiger partial charge in [0.25, 0.3) is 0 Å². The molecule has 2 aromatic rings. The Morgan fingerprint density at radius 3 is 3.05 bits per heavy atom. The summed E-state index contributed by atoms with van der Waals surface area (Å²) in [4.78, 5) is 11.6. The van der Waals surface area contributed by atoms with Gasteiger partial charge in [-0.1, -0.05) is 0 Å². The average Bonchev–Trinajstić information content (AvgIpc) is 3.03. The van der Waals surface area contributed by atoms with Crippen molar-refractivity contribution in [2.75, 3.05) is 18.8 Å². The van der Waals surface area contributed by atoms with E-state index in [1.807, 2.05) is 12.3 Å². The van der Waals surface area contributed by atoms with Gasteiger partial charge in [-0.15, -0.1) is 0 Å². The van der Waals surface area contributed by atoms with Gasteiger partial charge in [0, 0.05) is 18.8 Å². The van der Waals surface area contributed by atoms with E-state index in [2.05, 4.69) is 26.4 Å². The molecule has 5 nitrogen and oxygen atoms in total. The Labute approximate surface area is 112 Å². The summed E-state index contributed by atoms with van der Waals surface area (Å²) in [7, 11) is 0. The Kier molecular flexibility index (Phi) is 2.33. The molecule has 0 spiro atoms. The zero-order valence-electron chi connectivity index (χ0n) is 11.2. The number of nitrogens with two attached hydrogens (primary N) is 1. The van der Waals surface area contributed by atoms with Crippen molar-refractivity contribution in [2.24, 2.45) is 0 Å². The van der Waals surface area contributed by atoms with Crippen LogP contribution in [0.4, 0.5) is 5.95 Å². The molecule has 2 N–H and O–H groups in total. The number of nitrogens with zero attached hydrogens (tertiary/aromatic N) is 4. The van der Waals surface area contributed by atoms with Crippen LogP contribution in [-0.4, -0.2) is 38.6 Å². The van der Waals surface area contributed by atoms with Gasteiger partial charge in [0.15, 0.2) is 5.65 Å². The smallest absolute Gasteiger partial charge is 0.202 e. The van der Waals surface area contributed by atoms with E-state index in [1.54, 1.807) is 0 Å². The van der Waals surface area contributed by atoms with Crippen LogP contribution in [0.5, 0.6) is 0 Å². The number of hydrogen-bond donors (Lipinski definition) is 1. The third-order valence-electron chi connectivity index (χ3n) is 4.71. The molecule has 19 heavy (non-hydrogen) atoms. The van der Waals surface area contributed by atoms with Crippen LogP contribution in [0.25, 0.3) is 11.2 Å². The molecule has 2 unspecified atom stereocenters. The summed E-state index contributed by atoms with van der Waals surface area (Å²) in [5, 5.41) is 0. The van der Waals surface area contributed by atoms with Gasteiger partial charge in [0.05, 0.1) is 6.04 Å². The highest BCUT2D eigenvalue weighted by Crippen LogP contribution is 2.38. The van der Waals surface area contributed by atoms with Gasteiger partial charge in [0.2, 0.25) is 5.95 Å². The van der Waals surface area contributed by atoms with E-state index < -0.39 is 0 Å². The van der Waals surface area contributed by atoms with E-state index in [0.29, 0.717) is 18.0 Å². The quantitative estimate of drug-likeness (QED) is 0.845. The molecule has 2 aromatic heterocycles. The van der Waals surface area contributed by atoms with Crippen LogP contribution in [0.2, 0.25) is 0 Å². The normalized spacial score (nSPS) is 27.2. The van der Waals surface area contributed by atoms with Crippen LogP contribution in [0, 0.1) is 6.92 Å². The number of aromatic nitrogens is 3. The highest BCUT2D eigenvalue weighted by Gasteiger charge is 2.39. The molecule has 0 aliphatic carbocycles. The summed E-state index contributed by atoms with van der Waals surface area (Å²) in [5.74, 6) is 0.621. The monoisotopic (exact) mass is 257 g/mol. The lowest BCUT2D eigenvalue weighted by Gasteiger charge is -2.22. The number of nitrogen functional groups attached to an aromatic ring is 1. The van der Waals surface area contributed by atoms with Crippen molar-refractivity contribution in [2.45, 2.75) is 38.3 Å². The standard InChI is InChI=1S/C14H19N5/c1-9-4-6-16-13-12(9)17-14(15)19(13)11-5-8-18-7-2-3-10(11)18/h4,6,10-11H,2-3,5,7-8H2,1H3,(H2,15,17). The van der Waals surface area contributed by atoms with Gasteiger partial charge in [-0.05, 0) is 44.4 Å². The van der Waals surface area contributed by atoms with Crippen molar-refractivity contribution in [1.82, 2.24) is 19.4 Å². The number of fused-ring (bicyclic) bond motifs is 2. The summed E-state index contributed by atoms with van der Waals surface area (Å²) >= 11 is 0. The summed E-state index contributed by atoms with van der Waals surface area (Å²) in [5.41, 5.74) is 9.24. The van der Waals surface area contributed by atoms with Crippen LogP contribution in [0.15, 0.2) is 12.3 Å². The molecule has 2 fully saturated rings. The zero-order chi connectivity index (χ0) is 13.0. The zero-order valence-corrected chi connectivity index (χ0v) is 11.2. The lowest BCUT2D eigenvalue weighted by Crippen LogP contribution is -2.28. The molecule has 2 aliphatic heterocycles. The molecular formula is C14H19N5. The van der Waals surface area contributed by atoms with Crippen molar-refractivity contribution < 1.29 is 0 Å². The minimum atomic E-state index is 0.446. The van der Waals surface area contributed by atoms with Crippen molar-refractivity contribution >= 4 is 17.1 Å². The molecule has 4 heterocycles. The third kappa shape index (κ3) is 1.51. The van der Waals surface area contributed by atoms with E-state index in [1.165, 1.54) is 25.9 Å². The first kappa shape index (κ1) is 11.2. The van der Waals surface area contributed by atoms with E-state index >= 15 is 0 Å². The Morgan fingerprint density at radius 1 is 1.26 bits per heavy atom. The molecule has 0 radical (unpaired) electrons. The SMILES string of the molecule is Cc1ccnc2c1nc(N)n2C1CCN2CCCC12. The Bertz CT molecular complexity index is 632. The Hall–Kier alpha value is -1.62. The predicted octanol–water partition coefficient (Wildman–Crippen LogP) is 1.73. The van der Waals surface area contributed by atoms with Gasteiger partial charge in [-0.25, -0.2) is 9.97 Å². The number of aryl methyl sites for hydroxylation is 1. The molecule has 2 saturated heterocycles. The summed E-state index contributed by atoms with van der Waals surface area (Å²) in [6.45, 7) is 4.48. The number of imidazole rings is 1. The largest absolute Gasteiger partial charge is 0.369 e. The minimum absolute atomic E-state index is 0.446. The number of rotatable bonds is 1. The van der Waals surface area contributed by atoms with Gasteiger partial charge in [0.1, 0.15) is 5.52 Å². The Morgan fingerprint density at radius 2 is 2.16 bits per heavy atom. The first-order valence-corrected chi connectivity index (χ1v) is 7.09. The fourth-order valence-corrected chi connectivity index (χ4v) is 3.81. The number of hydrogen-bond acceptors (Lipinski definition) is 4. The van der Waals surface area contributed by atoms with Crippen molar-refractivity contribution in [3.8, 4) is 0 Å². The summed E-state index contributed by atoms with van der Waals surface area (Å²) in [6, 6.07) is 3.07. The molecule has 2 atom stereocenters. The maximum atomic E-state index is 6.18. The number of anilines is 1. The van der Waals surface area contributed by atoms with Crippen LogP contribution < -0.4 is 5.73 Å². The molecule has 100 valence electrons. The molecule has 0 saturated carbocycles. The van der Waals surface area contributed by atoms with Gasteiger partial charge in [-0.3, -0.25) is 9.47 Å². The molecule has 0 bridgehead atoms. The van der Waals surface area contributed by atoms with Gasteiger partial charge < -0.3 is 5.73 Å². The van der Waals surface area contributed by atoms with Crippen LogP contribution in [-0.2, 0) is 0 Å². The fourth-order valence-electron chi connectivity index (χ4n) is 3.81. The van der Waals surface area contributed by atoms with Crippen LogP contribution in [0.3, 0.4) is 0 Å². The topological polar surface area (TPSA) is 60.0 Å². The number of pyridine rings is 1. The van der Waals surface area contributed by atoms with Crippen molar-refractivity contribution in [3.63, 3.8) is 0 Å². The summed E-state index contributed by atoms with van der Waals surface area (Å²) in [6.07, 6.45) is 5.60. The molecule has 2 aliphatic rings. The first-order valence-electron chi connectivity index (χ1n) is 7.09. The first-order chi connectivity index (χ1) is 9.25. The lowest BCUT2D eigenvalue weighted by atomic mass is 10.1. The third-order valence-corrected chi connectivity index (χ3v) is 4.71. The van der Waals surface area contributed by atoms with E-state index in [9.17, 15) is 0 Å². The molecule has 5 heteroatoms. The van der Waals surface area contributed by atoms with Crippen molar-refractivity contribution in [3.05, 3.63) is 17.8 Å². The van der Waals surface area contributed by atoms with Gasteiger partial charge in [-0.2, -0.15) is 0 Å². The molecule has 0 amide bonds. The maximum Gasteiger partial charge on any atom is 0.202 e. The second-order valence-electron chi connectivity index (χ2n) is 5.74. The summed E-state index contributed by atoms with van der Waals surface area (Å²) < 4.78 is 2.18.